The van der Waals surface area contributed by atoms with Gasteiger partial charge in [-0.15, -0.1) is 5.10 Å². The van der Waals surface area contributed by atoms with Crippen molar-refractivity contribution in [2.45, 2.75) is 12.0 Å². The van der Waals surface area contributed by atoms with Gasteiger partial charge in [-0.2, -0.15) is 4.98 Å². The molecule has 1 N–H and O–H groups in total. The van der Waals surface area contributed by atoms with Crippen LogP contribution >= 0.6 is 0 Å². The number of rotatable bonds is 4. The van der Waals surface area contributed by atoms with Crippen molar-refractivity contribution < 1.29 is 9.47 Å². The number of hydrogen-bond acceptors (Lipinski definition) is 5. The van der Waals surface area contributed by atoms with E-state index < -0.39 is 0 Å². The minimum Gasteiger partial charge on any atom is -0.378 e. The number of nitrogens with zero attached hydrogens (tertiary/aromatic N) is 3. The average Bonchev–Trinajstić information content (AvgIpc) is 3.03. The molecule has 2 aromatic heterocycles. The number of pyridine rings is 1. The first-order valence-electron chi connectivity index (χ1n) is 6.00. The zero-order valence-corrected chi connectivity index (χ0v) is 10.3. The van der Waals surface area contributed by atoms with Crippen LogP contribution in [0.1, 0.15) is 6.42 Å². The van der Waals surface area contributed by atoms with Crippen LogP contribution in [0.2, 0.25) is 0 Å². The summed E-state index contributed by atoms with van der Waals surface area (Å²) in [5.41, 5.74) is 0.575. The van der Waals surface area contributed by atoms with E-state index in [2.05, 4.69) is 15.4 Å². The molecule has 0 radical (unpaired) electrons. The number of nitrogens with one attached hydrogen (secondary N) is 1. The number of aromatic nitrogens is 3. The summed E-state index contributed by atoms with van der Waals surface area (Å²) in [6.07, 6.45) is 2.77. The largest absolute Gasteiger partial charge is 0.378 e. The SMILES string of the molecule is COC1(CNc2nc3ccccn3n2)CCOC1. The van der Waals surface area contributed by atoms with Crippen LogP contribution in [0.25, 0.3) is 5.65 Å². The van der Waals surface area contributed by atoms with Crippen LogP contribution in [-0.2, 0) is 9.47 Å². The molecular weight excluding hydrogens is 232 g/mol. The fourth-order valence-corrected chi connectivity index (χ4v) is 2.11. The van der Waals surface area contributed by atoms with E-state index in [9.17, 15) is 0 Å². The number of ether oxygens (including phenoxy) is 2. The van der Waals surface area contributed by atoms with Gasteiger partial charge in [0.25, 0.3) is 0 Å². The molecule has 1 aliphatic heterocycles. The standard InChI is InChI=1S/C12H16N4O2/c1-17-12(5-7-18-9-12)8-13-11-14-10-4-2-3-6-16(10)15-11/h2-4,6H,5,7-9H2,1H3,(H,13,15). The molecule has 1 saturated heterocycles. The second-order valence-corrected chi connectivity index (χ2v) is 4.48. The molecule has 2 aromatic rings. The van der Waals surface area contributed by atoms with Gasteiger partial charge in [0.1, 0.15) is 5.60 Å². The molecule has 1 aliphatic rings. The van der Waals surface area contributed by atoms with E-state index in [1.165, 1.54) is 0 Å². The van der Waals surface area contributed by atoms with E-state index in [-0.39, 0.29) is 5.60 Å². The first kappa shape index (κ1) is 11.4. The maximum atomic E-state index is 5.54. The number of fused-ring (bicyclic) bond motifs is 1. The second kappa shape index (κ2) is 4.55. The molecule has 0 amide bonds. The number of anilines is 1. The Morgan fingerprint density at radius 2 is 2.50 bits per heavy atom. The highest BCUT2D eigenvalue weighted by atomic mass is 16.5. The first-order valence-corrected chi connectivity index (χ1v) is 6.00. The van der Waals surface area contributed by atoms with Gasteiger partial charge in [-0.3, -0.25) is 0 Å². The fourth-order valence-electron chi connectivity index (χ4n) is 2.11. The van der Waals surface area contributed by atoms with Crippen LogP contribution in [0.3, 0.4) is 0 Å². The summed E-state index contributed by atoms with van der Waals surface area (Å²) in [7, 11) is 1.72. The van der Waals surface area contributed by atoms with E-state index in [0.29, 0.717) is 19.1 Å². The van der Waals surface area contributed by atoms with Crippen LogP contribution in [-0.4, -0.2) is 47.1 Å². The molecule has 0 aliphatic carbocycles. The molecule has 0 saturated carbocycles. The van der Waals surface area contributed by atoms with Crippen molar-refractivity contribution in [1.29, 1.82) is 0 Å². The summed E-state index contributed by atoms with van der Waals surface area (Å²) < 4.78 is 12.7. The Balaban J connectivity index is 1.72. The molecule has 0 spiro atoms. The zero-order valence-electron chi connectivity index (χ0n) is 10.3. The number of hydrogen-bond donors (Lipinski definition) is 1. The zero-order chi connectivity index (χ0) is 12.4. The van der Waals surface area contributed by atoms with Crippen molar-refractivity contribution in [2.75, 3.05) is 32.2 Å². The highest BCUT2D eigenvalue weighted by Crippen LogP contribution is 2.22. The summed E-state index contributed by atoms with van der Waals surface area (Å²) in [6.45, 7) is 2.01. The van der Waals surface area contributed by atoms with Gasteiger partial charge >= 0.3 is 0 Å². The van der Waals surface area contributed by atoms with Gasteiger partial charge in [-0.05, 0) is 12.1 Å². The predicted octanol–water partition coefficient (Wildman–Crippen LogP) is 0.947. The van der Waals surface area contributed by atoms with E-state index in [0.717, 1.165) is 18.7 Å². The van der Waals surface area contributed by atoms with E-state index >= 15 is 0 Å². The maximum Gasteiger partial charge on any atom is 0.243 e. The molecule has 18 heavy (non-hydrogen) atoms. The predicted molar refractivity (Wildman–Crippen MR) is 66.7 cm³/mol. The molecule has 1 fully saturated rings. The van der Waals surface area contributed by atoms with Crippen molar-refractivity contribution in [3.63, 3.8) is 0 Å². The molecule has 6 nitrogen and oxygen atoms in total. The topological polar surface area (TPSA) is 60.7 Å². The van der Waals surface area contributed by atoms with Gasteiger partial charge < -0.3 is 14.8 Å². The molecule has 96 valence electrons. The molecule has 1 unspecified atom stereocenters. The highest BCUT2D eigenvalue weighted by molar-refractivity contribution is 5.42. The monoisotopic (exact) mass is 248 g/mol. The third-order valence-electron chi connectivity index (χ3n) is 3.31. The summed E-state index contributed by atoms with van der Waals surface area (Å²) in [5.74, 6) is 0.615. The summed E-state index contributed by atoms with van der Waals surface area (Å²) in [5, 5.41) is 7.56. The highest BCUT2D eigenvalue weighted by Gasteiger charge is 2.35. The van der Waals surface area contributed by atoms with E-state index in [4.69, 9.17) is 9.47 Å². The Hall–Kier alpha value is -1.66. The normalized spacial score (nSPS) is 23.6. The van der Waals surface area contributed by atoms with Gasteiger partial charge in [-0.1, -0.05) is 6.07 Å². The van der Waals surface area contributed by atoms with Crippen LogP contribution in [0, 0.1) is 0 Å². The minimum atomic E-state index is -0.252. The van der Waals surface area contributed by atoms with Crippen LogP contribution in [0.15, 0.2) is 24.4 Å². The van der Waals surface area contributed by atoms with Crippen molar-refractivity contribution in [1.82, 2.24) is 14.6 Å². The Morgan fingerprint density at radius 3 is 3.22 bits per heavy atom. The first-order chi connectivity index (χ1) is 8.81. The van der Waals surface area contributed by atoms with Crippen LogP contribution in [0.5, 0.6) is 0 Å². The van der Waals surface area contributed by atoms with Crippen LogP contribution < -0.4 is 5.32 Å². The lowest BCUT2D eigenvalue weighted by molar-refractivity contribution is -0.00630. The smallest absolute Gasteiger partial charge is 0.243 e. The lowest BCUT2D eigenvalue weighted by Crippen LogP contribution is -2.39. The third kappa shape index (κ3) is 2.04. The minimum absolute atomic E-state index is 0.252. The summed E-state index contributed by atoms with van der Waals surface area (Å²) in [6, 6.07) is 5.78. The Labute approximate surface area is 105 Å². The molecular formula is C12H16N4O2. The molecule has 0 aromatic carbocycles. The maximum absolute atomic E-state index is 5.54. The Bertz CT molecular complexity index is 501. The molecule has 3 rings (SSSR count). The fraction of sp³-hybridized carbons (Fsp3) is 0.500. The van der Waals surface area contributed by atoms with Gasteiger partial charge in [0, 0.05) is 32.9 Å². The average molecular weight is 248 g/mol. The van der Waals surface area contributed by atoms with Crippen molar-refractivity contribution in [3.05, 3.63) is 24.4 Å². The lowest BCUT2D eigenvalue weighted by Gasteiger charge is -2.25. The lowest BCUT2D eigenvalue weighted by atomic mass is 10.0. The Morgan fingerprint density at radius 1 is 1.56 bits per heavy atom. The molecule has 3 heterocycles. The molecule has 1 atom stereocenters. The quantitative estimate of drug-likeness (QED) is 0.872. The van der Waals surface area contributed by atoms with Gasteiger partial charge in [-0.25, -0.2) is 4.52 Å². The van der Waals surface area contributed by atoms with Crippen molar-refractivity contribution in [2.24, 2.45) is 0 Å². The van der Waals surface area contributed by atoms with E-state index in [1.54, 1.807) is 11.6 Å². The summed E-state index contributed by atoms with van der Waals surface area (Å²) >= 11 is 0. The van der Waals surface area contributed by atoms with Gasteiger partial charge in [0.15, 0.2) is 5.65 Å². The Kier molecular flexibility index (Phi) is 2.89. The third-order valence-corrected chi connectivity index (χ3v) is 3.31. The number of methoxy groups -OCH3 is 1. The van der Waals surface area contributed by atoms with E-state index in [1.807, 2.05) is 24.4 Å². The second-order valence-electron chi connectivity index (χ2n) is 4.48. The van der Waals surface area contributed by atoms with Crippen LogP contribution in [0.4, 0.5) is 5.95 Å². The summed E-state index contributed by atoms with van der Waals surface area (Å²) in [4.78, 5) is 4.38. The molecule has 0 bridgehead atoms. The van der Waals surface area contributed by atoms with Crippen molar-refractivity contribution >= 4 is 11.6 Å². The van der Waals surface area contributed by atoms with Gasteiger partial charge in [0.05, 0.1) is 6.61 Å². The van der Waals surface area contributed by atoms with Gasteiger partial charge in [0.2, 0.25) is 5.95 Å². The van der Waals surface area contributed by atoms with Crippen molar-refractivity contribution in [3.8, 4) is 0 Å². The molecule has 6 heteroatoms.